The van der Waals surface area contributed by atoms with E-state index >= 15 is 0 Å². The van der Waals surface area contributed by atoms with Crippen molar-refractivity contribution in [2.75, 3.05) is 6.54 Å². The molecule has 0 atom stereocenters. The lowest BCUT2D eigenvalue weighted by molar-refractivity contribution is 0.0449. The number of nitrogens with one attached hydrogen (secondary N) is 1. The predicted molar refractivity (Wildman–Crippen MR) is 65.5 cm³/mol. The van der Waals surface area contributed by atoms with Crippen molar-refractivity contribution in [3.05, 3.63) is 23.8 Å². The second kappa shape index (κ2) is 4.86. The van der Waals surface area contributed by atoms with E-state index in [1.807, 2.05) is 0 Å². The molecule has 1 fully saturated rings. The first kappa shape index (κ1) is 12.7. The van der Waals surface area contributed by atoms with E-state index in [4.69, 9.17) is 0 Å². The topological polar surface area (TPSA) is 89.8 Å². The number of phenols is 2. The summed E-state index contributed by atoms with van der Waals surface area (Å²) in [7, 11) is 0. The fraction of sp³-hybridized carbons (Fsp3) is 0.462. The third-order valence-corrected chi connectivity index (χ3v) is 3.34. The molecule has 0 radical (unpaired) electrons. The van der Waals surface area contributed by atoms with Crippen molar-refractivity contribution in [1.29, 1.82) is 0 Å². The molecule has 0 bridgehead atoms. The van der Waals surface area contributed by atoms with Gasteiger partial charge >= 0.3 is 0 Å². The van der Waals surface area contributed by atoms with Crippen LogP contribution in [0.1, 0.15) is 36.0 Å². The van der Waals surface area contributed by atoms with Crippen LogP contribution in [-0.4, -0.2) is 33.4 Å². The Hall–Kier alpha value is -1.75. The van der Waals surface area contributed by atoms with E-state index in [1.165, 1.54) is 18.2 Å². The Morgan fingerprint density at radius 3 is 2.61 bits per heavy atom. The highest BCUT2D eigenvalue weighted by molar-refractivity contribution is 5.97. The maximum atomic E-state index is 11.8. The summed E-state index contributed by atoms with van der Waals surface area (Å²) in [6, 6.07) is 3.76. The van der Waals surface area contributed by atoms with E-state index in [9.17, 15) is 20.1 Å². The van der Waals surface area contributed by atoms with Gasteiger partial charge in [0.2, 0.25) is 0 Å². The number of benzene rings is 1. The van der Waals surface area contributed by atoms with Crippen molar-refractivity contribution in [2.24, 2.45) is 0 Å². The minimum absolute atomic E-state index is 0.0107. The number of aliphatic hydroxyl groups is 1. The van der Waals surface area contributed by atoms with Crippen molar-refractivity contribution < 1.29 is 20.1 Å². The Labute approximate surface area is 105 Å². The summed E-state index contributed by atoms with van der Waals surface area (Å²) >= 11 is 0. The highest BCUT2D eigenvalue weighted by Gasteiger charge is 2.31. The minimum Gasteiger partial charge on any atom is -0.508 e. The van der Waals surface area contributed by atoms with Gasteiger partial charge in [-0.3, -0.25) is 4.79 Å². The summed E-state index contributed by atoms with van der Waals surface area (Å²) in [5, 5.41) is 31.5. The molecule has 0 unspecified atom stereocenters. The molecule has 0 spiro atoms. The molecular weight excluding hydrogens is 234 g/mol. The molecule has 1 amide bonds. The molecule has 5 heteroatoms. The first-order valence-corrected chi connectivity index (χ1v) is 6.03. The maximum absolute atomic E-state index is 11.8. The predicted octanol–water partition coefficient (Wildman–Crippen LogP) is 1.13. The van der Waals surface area contributed by atoms with Gasteiger partial charge in [0.05, 0.1) is 11.2 Å². The van der Waals surface area contributed by atoms with Crippen LogP contribution < -0.4 is 5.32 Å². The molecule has 1 aromatic rings. The third kappa shape index (κ3) is 2.73. The summed E-state index contributed by atoms with van der Waals surface area (Å²) < 4.78 is 0. The second-order valence-corrected chi connectivity index (χ2v) is 4.82. The van der Waals surface area contributed by atoms with Crippen LogP contribution in [0.3, 0.4) is 0 Å². The van der Waals surface area contributed by atoms with Gasteiger partial charge in [-0.25, -0.2) is 0 Å². The van der Waals surface area contributed by atoms with Gasteiger partial charge in [-0.15, -0.1) is 0 Å². The largest absolute Gasteiger partial charge is 0.508 e. The van der Waals surface area contributed by atoms with E-state index in [-0.39, 0.29) is 23.6 Å². The summed E-state index contributed by atoms with van der Waals surface area (Å²) in [6.45, 7) is 0.168. The second-order valence-electron chi connectivity index (χ2n) is 4.82. The van der Waals surface area contributed by atoms with Crippen molar-refractivity contribution in [1.82, 2.24) is 5.32 Å². The van der Waals surface area contributed by atoms with Crippen LogP contribution in [0.4, 0.5) is 0 Å². The monoisotopic (exact) mass is 251 g/mol. The van der Waals surface area contributed by atoms with Crippen LogP contribution in [0.5, 0.6) is 11.5 Å². The lowest BCUT2D eigenvalue weighted by Crippen LogP contribution is -2.40. The molecule has 2 rings (SSSR count). The number of hydrogen-bond acceptors (Lipinski definition) is 4. The molecule has 1 aliphatic rings. The number of carbonyl (C=O) groups is 1. The number of amides is 1. The third-order valence-electron chi connectivity index (χ3n) is 3.34. The number of phenolic OH excluding ortho intramolecular Hbond substituents is 2. The van der Waals surface area contributed by atoms with Crippen LogP contribution in [-0.2, 0) is 0 Å². The first-order chi connectivity index (χ1) is 8.50. The Morgan fingerprint density at radius 1 is 1.28 bits per heavy atom. The van der Waals surface area contributed by atoms with E-state index in [2.05, 4.69) is 5.32 Å². The Balaban J connectivity index is 2.01. The molecule has 0 aliphatic heterocycles. The number of hydrogen-bond donors (Lipinski definition) is 4. The highest BCUT2D eigenvalue weighted by atomic mass is 16.3. The quantitative estimate of drug-likeness (QED) is 0.606. The normalized spacial score (nSPS) is 17.6. The average Bonchev–Trinajstić information content (AvgIpc) is 2.77. The van der Waals surface area contributed by atoms with Gasteiger partial charge < -0.3 is 20.6 Å². The van der Waals surface area contributed by atoms with Crippen LogP contribution in [0.2, 0.25) is 0 Å². The van der Waals surface area contributed by atoms with Crippen molar-refractivity contribution in [3.63, 3.8) is 0 Å². The number of carbonyl (C=O) groups excluding carboxylic acids is 1. The van der Waals surface area contributed by atoms with Crippen molar-refractivity contribution in [3.8, 4) is 11.5 Å². The Morgan fingerprint density at radius 2 is 1.94 bits per heavy atom. The molecule has 18 heavy (non-hydrogen) atoms. The number of rotatable bonds is 3. The van der Waals surface area contributed by atoms with Gasteiger partial charge in [-0.05, 0) is 31.0 Å². The van der Waals surface area contributed by atoms with Crippen molar-refractivity contribution >= 4 is 5.91 Å². The Bertz CT molecular complexity index is 452. The molecule has 1 saturated carbocycles. The summed E-state index contributed by atoms with van der Waals surface area (Å²) in [6.07, 6.45) is 3.28. The van der Waals surface area contributed by atoms with Crippen LogP contribution in [0.25, 0.3) is 0 Å². The molecule has 0 heterocycles. The zero-order valence-electron chi connectivity index (χ0n) is 10.0. The summed E-state index contributed by atoms with van der Waals surface area (Å²) in [4.78, 5) is 11.8. The van der Waals surface area contributed by atoms with Crippen LogP contribution in [0, 0.1) is 0 Å². The van der Waals surface area contributed by atoms with Gasteiger partial charge in [0.1, 0.15) is 11.5 Å². The highest BCUT2D eigenvalue weighted by Crippen LogP contribution is 2.29. The van der Waals surface area contributed by atoms with Gasteiger partial charge in [0, 0.05) is 6.54 Å². The molecule has 1 aliphatic carbocycles. The zero-order chi connectivity index (χ0) is 13.2. The molecular formula is C13H17NO4. The van der Waals surface area contributed by atoms with E-state index in [1.54, 1.807) is 0 Å². The van der Waals surface area contributed by atoms with Gasteiger partial charge in [0.15, 0.2) is 0 Å². The average molecular weight is 251 g/mol. The fourth-order valence-corrected chi connectivity index (χ4v) is 2.26. The molecule has 5 nitrogen and oxygen atoms in total. The maximum Gasteiger partial charge on any atom is 0.255 e. The molecule has 4 N–H and O–H groups in total. The van der Waals surface area contributed by atoms with E-state index in [0.717, 1.165) is 12.8 Å². The lowest BCUT2D eigenvalue weighted by Gasteiger charge is -2.22. The minimum atomic E-state index is -0.831. The van der Waals surface area contributed by atoms with Gasteiger partial charge in [-0.1, -0.05) is 12.8 Å². The molecule has 0 saturated heterocycles. The van der Waals surface area contributed by atoms with Crippen molar-refractivity contribution in [2.45, 2.75) is 31.3 Å². The zero-order valence-corrected chi connectivity index (χ0v) is 10.0. The molecule has 1 aromatic carbocycles. The number of aromatic hydroxyl groups is 2. The fourth-order valence-electron chi connectivity index (χ4n) is 2.26. The van der Waals surface area contributed by atoms with Gasteiger partial charge in [-0.2, -0.15) is 0 Å². The Kier molecular flexibility index (Phi) is 3.43. The van der Waals surface area contributed by atoms with E-state index < -0.39 is 11.5 Å². The van der Waals surface area contributed by atoms with Crippen LogP contribution >= 0.6 is 0 Å². The summed E-state index contributed by atoms with van der Waals surface area (Å²) in [5.74, 6) is -0.773. The SMILES string of the molecule is O=C(NCC1(O)CCCC1)c1cc(O)ccc1O. The first-order valence-electron chi connectivity index (χ1n) is 6.03. The van der Waals surface area contributed by atoms with E-state index in [0.29, 0.717) is 12.8 Å². The smallest absolute Gasteiger partial charge is 0.255 e. The summed E-state index contributed by atoms with van der Waals surface area (Å²) in [5.41, 5.74) is -0.821. The molecule has 0 aromatic heterocycles. The molecule has 98 valence electrons. The van der Waals surface area contributed by atoms with Gasteiger partial charge in [0.25, 0.3) is 5.91 Å². The standard InChI is InChI=1S/C13H17NO4/c15-9-3-4-11(16)10(7-9)12(17)14-8-13(18)5-1-2-6-13/h3-4,7,15-16,18H,1-2,5-6,8H2,(H,14,17). The lowest BCUT2D eigenvalue weighted by atomic mass is 10.0. The van der Waals surface area contributed by atoms with Crippen LogP contribution in [0.15, 0.2) is 18.2 Å².